The van der Waals surface area contributed by atoms with Crippen LogP contribution < -0.4 is 10.1 Å². The highest BCUT2D eigenvalue weighted by Gasteiger charge is 2.39. The molecule has 1 N–H and O–H groups in total. The third-order valence-corrected chi connectivity index (χ3v) is 4.40. The number of halogens is 3. The monoisotopic (exact) mass is 398 g/mol. The number of aromatic nitrogens is 2. The number of hydrogen-bond acceptors (Lipinski definition) is 5. The number of alkyl halides is 3. The van der Waals surface area contributed by atoms with E-state index in [9.17, 15) is 28.1 Å². The lowest BCUT2D eigenvalue weighted by Crippen LogP contribution is -2.26. The number of non-ortho nitro benzene ring substituents is 1. The molecule has 1 aliphatic carbocycles. The van der Waals surface area contributed by atoms with Crippen molar-refractivity contribution in [3.05, 3.63) is 45.8 Å². The van der Waals surface area contributed by atoms with E-state index in [0.717, 1.165) is 29.7 Å². The number of ether oxygens (including phenoxy) is 1. The molecule has 1 amide bonds. The molecule has 0 spiro atoms. The average molecular weight is 398 g/mol. The zero-order chi connectivity index (χ0) is 20.6. The van der Waals surface area contributed by atoms with Gasteiger partial charge in [0.25, 0.3) is 5.69 Å². The summed E-state index contributed by atoms with van der Waals surface area (Å²) < 4.78 is 45.1. The number of carbonyl (C=O) groups excluding carboxylic acids is 1. The molecule has 1 aliphatic rings. The first-order valence-corrected chi connectivity index (χ1v) is 8.41. The van der Waals surface area contributed by atoms with Crippen LogP contribution in [0.4, 0.5) is 24.5 Å². The van der Waals surface area contributed by atoms with Crippen molar-refractivity contribution in [1.82, 2.24) is 9.78 Å². The third kappa shape index (κ3) is 4.07. The predicted molar refractivity (Wildman–Crippen MR) is 92.2 cm³/mol. The van der Waals surface area contributed by atoms with Crippen molar-refractivity contribution in [1.29, 1.82) is 0 Å². The van der Waals surface area contributed by atoms with Crippen molar-refractivity contribution >= 4 is 17.3 Å². The normalized spacial score (nSPS) is 15.2. The van der Waals surface area contributed by atoms with Crippen LogP contribution in [0.2, 0.25) is 0 Å². The Labute approximate surface area is 157 Å². The number of rotatable bonds is 6. The summed E-state index contributed by atoms with van der Waals surface area (Å²) in [6.45, 7) is 1.42. The molecule has 1 heterocycles. The van der Waals surface area contributed by atoms with Crippen LogP contribution in [-0.2, 0) is 11.0 Å². The van der Waals surface area contributed by atoms with E-state index in [4.69, 9.17) is 4.74 Å². The van der Waals surface area contributed by atoms with E-state index in [1.165, 1.54) is 26.2 Å². The van der Waals surface area contributed by atoms with E-state index in [1.54, 1.807) is 0 Å². The zero-order valence-electron chi connectivity index (χ0n) is 15.0. The summed E-state index contributed by atoms with van der Waals surface area (Å²) in [5.41, 5.74) is -0.892. The van der Waals surface area contributed by atoms with Gasteiger partial charge in [-0.2, -0.15) is 18.3 Å². The number of nitro groups is 1. The fraction of sp³-hybridized carbons (Fsp3) is 0.412. The molecule has 1 aromatic carbocycles. The molecule has 1 saturated carbocycles. The molecule has 3 rings (SSSR count). The van der Waals surface area contributed by atoms with E-state index in [2.05, 4.69) is 10.4 Å². The Morgan fingerprint density at radius 1 is 1.36 bits per heavy atom. The molecule has 0 aliphatic heterocycles. The topological polar surface area (TPSA) is 99.3 Å². The number of anilines is 1. The Bertz CT molecular complexity index is 922. The fourth-order valence-electron chi connectivity index (χ4n) is 2.78. The van der Waals surface area contributed by atoms with Gasteiger partial charge in [-0.3, -0.25) is 19.6 Å². The zero-order valence-corrected chi connectivity index (χ0v) is 15.0. The van der Waals surface area contributed by atoms with Gasteiger partial charge in [0.1, 0.15) is 11.8 Å². The second kappa shape index (κ2) is 7.13. The van der Waals surface area contributed by atoms with Gasteiger partial charge in [0.05, 0.1) is 23.8 Å². The van der Waals surface area contributed by atoms with Gasteiger partial charge in [0.2, 0.25) is 5.91 Å². The molecule has 8 nitrogen and oxygen atoms in total. The molecule has 28 heavy (non-hydrogen) atoms. The highest BCUT2D eigenvalue weighted by atomic mass is 19.4. The SMILES string of the molecule is COc1cc(NC(=O)C(C)n2nc(C(F)(F)F)cc2C2CC2)cc([N+](=O)[O-])c1. The maximum Gasteiger partial charge on any atom is 0.435 e. The summed E-state index contributed by atoms with van der Waals surface area (Å²) in [7, 11) is 1.32. The van der Waals surface area contributed by atoms with E-state index in [-0.39, 0.29) is 23.0 Å². The van der Waals surface area contributed by atoms with Gasteiger partial charge in [-0.25, -0.2) is 0 Å². The van der Waals surface area contributed by atoms with Crippen LogP contribution in [0.5, 0.6) is 5.75 Å². The quantitative estimate of drug-likeness (QED) is 0.588. The van der Waals surface area contributed by atoms with E-state index >= 15 is 0 Å². The van der Waals surface area contributed by atoms with Crippen LogP contribution in [0.15, 0.2) is 24.3 Å². The first-order chi connectivity index (χ1) is 13.1. The van der Waals surface area contributed by atoms with Crippen LogP contribution in [-0.4, -0.2) is 27.7 Å². The lowest BCUT2D eigenvalue weighted by molar-refractivity contribution is -0.384. The largest absolute Gasteiger partial charge is 0.496 e. The number of hydrogen-bond donors (Lipinski definition) is 1. The molecule has 0 saturated heterocycles. The third-order valence-electron chi connectivity index (χ3n) is 4.40. The maximum atomic E-state index is 13.0. The van der Waals surface area contributed by atoms with Gasteiger partial charge < -0.3 is 10.1 Å². The van der Waals surface area contributed by atoms with E-state index < -0.39 is 28.7 Å². The molecule has 11 heteroatoms. The van der Waals surface area contributed by atoms with Gasteiger partial charge in [-0.05, 0) is 25.8 Å². The molecule has 150 valence electrons. The first kappa shape index (κ1) is 19.6. The Morgan fingerprint density at radius 3 is 2.57 bits per heavy atom. The minimum absolute atomic E-state index is 0.0586. The van der Waals surface area contributed by atoms with Gasteiger partial charge >= 0.3 is 6.18 Å². The highest BCUT2D eigenvalue weighted by molar-refractivity contribution is 5.94. The Hall–Kier alpha value is -3.11. The lowest BCUT2D eigenvalue weighted by Gasteiger charge is -2.16. The summed E-state index contributed by atoms with van der Waals surface area (Å²) in [6, 6.07) is 3.63. The molecule has 0 bridgehead atoms. The van der Waals surface area contributed by atoms with E-state index in [1.807, 2.05) is 0 Å². The second-order valence-corrected chi connectivity index (χ2v) is 6.51. The van der Waals surface area contributed by atoms with Crippen molar-refractivity contribution in [3.8, 4) is 5.75 Å². The number of amides is 1. The Kier molecular flexibility index (Phi) is 5.01. The van der Waals surface area contributed by atoms with Gasteiger partial charge in [-0.1, -0.05) is 0 Å². The molecule has 1 aromatic heterocycles. The lowest BCUT2D eigenvalue weighted by atomic mass is 10.2. The molecule has 2 aromatic rings. The van der Waals surface area contributed by atoms with Gasteiger partial charge in [-0.15, -0.1) is 0 Å². The highest BCUT2D eigenvalue weighted by Crippen LogP contribution is 2.43. The molecule has 0 radical (unpaired) electrons. The number of methoxy groups -OCH3 is 1. The van der Waals surface area contributed by atoms with Crippen molar-refractivity contribution in [2.24, 2.45) is 0 Å². The van der Waals surface area contributed by atoms with Crippen molar-refractivity contribution in [3.63, 3.8) is 0 Å². The minimum Gasteiger partial charge on any atom is -0.496 e. The number of nitro benzene ring substituents is 1. The van der Waals surface area contributed by atoms with Crippen LogP contribution in [0.3, 0.4) is 0 Å². The van der Waals surface area contributed by atoms with Crippen molar-refractivity contribution < 1.29 is 27.6 Å². The van der Waals surface area contributed by atoms with E-state index in [0.29, 0.717) is 5.69 Å². The smallest absolute Gasteiger partial charge is 0.435 e. The molecular formula is C17H17F3N4O4. The minimum atomic E-state index is -4.61. The first-order valence-electron chi connectivity index (χ1n) is 8.41. The maximum absolute atomic E-state index is 13.0. The van der Waals surface area contributed by atoms with Gasteiger partial charge in [0.15, 0.2) is 5.69 Å². The summed E-state index contributed by atoms with van der Waals surface area (Å²) >= 11 is 0. The Morgan fingerprint density at radius 2 is 2.04 bits per heavy atom. The standard InChI is InChI=1S/C17H17F3N4O4/c1-9(23-14(10-3-4-10)8-15(22-23)17(18,19)20)16(25)21-11-5-12(24(26)27)7-13(6-11)28-2/h5-10H,3-4H2,1-2H3,(H,21,25). The summed E-state index contributed by atoms with van der Waals surface area (Å²) in [5, 5.41) is 17.1. The predicted octanol–water partition coefficient (Wildman–Crippen LogP) is 3.90. The average Bonchev–Trinajstić information content (AvgIpc) is 3.37. The molecule has 1 unspecified atom stereocenters. The number of carbonyl (C=O) groups is 1. The molecule has 1 atom stereocenters. The fourth-order valence-corrected chi connectivity index (χ4v) is 2.78. The van der Waals surface area contributed by atoms with Crippen molar-refractivity contribution in [2.45, 2.75) is 37.9 Å². The van der Waals surface area contributed by atoms with Crippen LogP contribution >= 0.6 is 0 Å². The second-order valence-electron chi connectivity index (χ2n) is 6.51. The molecular weight excluding hydrogens is 381 g/mol. The van der Waals surface area contributed by atoms with Crippen molar-refractivity contribution in [2.75, 3.05) is 12.4 Å². The van der Waals surface area contributed by atoms with Crippen LogP contribution in [0.1, 0.15) is 43.1 Å². The molecule has 1 fully saturated rings. The number of nitrogens with one attached hydrogen (secondary N) is 1. The number of nitrogens with zero attached hydrogens (tertiary/aromatic N) is 3. The number of benzene rings is 1. The summed E-state index contributed by atoms with van der Waals surface area (Å²) in [6.07, 6.45) is -3.14. The van der Waals surface area contributed by atoms with Crippen LogP contribution in [0.25, 0.3) is 0 Å². The van der Waals surface area contributed by atoms with Gasteiger partial charge in [0, 0.05) is 23.7 Å². The summed E-state index contributed by atoms with van der Waals surface area (Å²) in [5.74, 6) is -0.549. The summed E-state index contributed by atoms with van der Waals surface area (Å²) in [4.78, 5) is 22.9. The van der Waals surface area contributed by atoms with Crippen LogP contribution in [0, 0.1) is 10.1 Å². The Balaban J connectivity index is 1.87.